The Kier molecular flexibility index (Phi) is 4.37. The predicted octanol–water partition coefficient (Wildman–Crippen LogP) is 0.963. The smallest absolute Gasteiger partial charge is 0.316 e. The SMILES string of the molecule is CN(CC1CC(O)C1)C(=O)C(C(=O)O)C(C)(C)C. The second-order valence-electron chi connectivity index (χ2n) is 6.35. The number of carboxylic acids is 1. The third-order valence-electron chi connectivity index (χ3n) is 3.48. The second-order valence-corrected chi connectivity index (χ2v) is 6.35. The van der Waals surface area contributed by atoms with Gasteiger partial charge in [-0.15, -0.1) is 0 Å². The molecule has 0 bridgehead atoms. The van der Waals surface area contributed by atoms with E-state index < -0.39 is 17.3 Å². The first-order chi connectivity index (χ1) is 8.12. The third kappa shape index (κ3) is 3.45. The Balaban J connectivity index is 2.63. The normalized spacial score (nSPS) is 25.2. The van der Waals surface area contributed by atoms with Gasteiger partial charge in [-0.3, -0.25) is 9.59 Å². The maximum Gasteiger partial charge on any atom is 0.316 e. The maximum atomic E-state index is 12.2. The first kappa shape index (κ1) is 15.0. The van der Waals surface area contributed by atoms with Gasteiger partial charge in [-0.1, -0.05) is 20.8 Å². The second kappa shape index (κ2) is 5.26. The maximum absolute atomic E-state index is 12.2. The average Bonchev–Trinajstić information content (AvgIpc) is 2.11. The minimum absolute atomic E-state index is 0.253. The van der Waals surface area contributed by atoms with Crippen LogP contribution in [-0.4, -0.2) is 46.7 Å². The predicted molar refractivity (Wildman–Crippen MR) is 66.9 cm³/mol. The molecular formula is C13H23NO4. The summed E-state index contributed by atoms with van der Waals surface area (Å²) < 4.78 is 0. The number of carbonyl (C=O) groups excluding carboxylic acids is 1. The molecule has 1 amide bonds. The molecule has 5 heteroatoms. The van der Waals surface area contributed by atoms with Gasteiger partial charge in [0.2, 0.25) is 5.91 Å². The lowest BCUT2D eigenvalue weighted by atomic mass is 9.79. The zero-order valence-electron chi connectivity index (χ0n) is 11.5. The van der Waals surface area contributed by atoms with Crippen LogP contribution in [0.1, 0.15) is 33.6 Å². The van der Waals surface area contributed by atoms with Crippen molar-refractivity contribution in [2.75, 3.05) is 13.6 Å². The van der Waals surface area contributed by atoms with Crippen molar-refractivity contribution in [2.45, 2.75) is 39.7 Å². The van der Waals surface area contributed by atoms with Gasteiger partial charge < -0.3 is 15.1 Å². The van der Waals surface area contributed by atoms with Gasteiger partial charge in [0.25, 0.3) is 0 Å². The van der Waals surface area contributed by atoms with E-state index in [0.29, 0.717) is 25.3 Å². The molecule has 0 aliphatic heterocycles. The summed E-state index contributed by atoms with van der Waals surface area (Å²) in [7, 11) is 1.63. The van der Waals surface area contributed by atoms with Crippen molar-refractivity contribution in [2.24, 2.45) is 17.3 Å². The number of aliphatic hydroxyl groups is 1. The number of carbonyl (C=O) groups is 2. The molecule has 1 aliphatic carbocycles. The van der Waals surface area contributed by atoms with Gasteiger partial charge in [-0.2, -0.15) is 0 Å². The van der Waals surface area contributed by atoms with Gasteiger partial charge in [-0.05, 0) is 24.2 Å². The number of hydrogen-bond donors (Lipinski definition) is 2. The molecule has 0 heterocycles. The number of rotatable bonds is 4. The molecule has 2 N–H and O–H groups in total. The molecule has 104 valence electrons. The molecule has 18 heavy (non-hydrogen) atoms. The van der Waals surface area contributed by atoms with E-state index >= 15 is 0 Å². The van der Waals surface area contributed by atoms with Crippen LogP contribution in [0.2, 0.25) is 0 Å². The van der Waals surface area contributed by atoms with Crippen LogP contribution in [-0.2, 0) is 9.59 Å². The van der Waals surface area contributed by atoms with E-state index in [1.807, 2.05) is 0 Å². The lowest BCUT2D eigenvalue weighted by molar-refractivity contribution is -0.156. The van der Waals surface area contributed by atoms with Crippen LogP contribution in [0.5, 0.6) is 0 Å². The number of hydrogen-bond acceptors (Lipinski definition) is 3. The minimum Gasteiger partial charge on any atom is -0.481 e. The van der Waals surface area contributed by atoms with Crippen LogP contribution in [0.3, 0.4) is 0 Å². The van der Waals surface area contributed by atoms with Crippen LogP contribution in [0, 0.1) is 17.3 Å². The Morgan fingerprint density at radius 3 is 2.17 bits per heavy atom. The van der Waals surface area contributed by atoms with E-state index in [4.69, 9.17) is 0 Å². The van der Waals surface area contributed by atoms with Crippen molar-refractivity contribution in [1.82, 2.24) is 4.90 Å². The monoisotopic (exact) mass is 257 g/mol. The van der Waals surface area contributed by atoms with Gasteiger partial charge in [0.1, 0.15) is 5.92 Å². The van der Waals surface area contributed by atoms with Crippen LogP contribution >= 0.6 is 0 Å². The Hall–Kier alpha value is -1.10. The van der Waals surface area contributed by atoms with E-state index in [1.165, 1.54) is 4.90 Å². The average molecular weight is 257 g/mol. The summed E-state index contributed by atoms with van der Waals surface area (Å²) in [5.41, 5.74) is -0.601. The van der Waals surface area contributed by atoms with Crippen molar-refractivity contribution in [3.8, 4) is 0 Å². The number of nitrogens with zero attached hydrogens (tertiary/aromatic N) is 1. The number of carboxylic acid groups (broad SMARTS) is 1. The quantitative estimate of drug-likeness (QED) is 0.735. The van der Waals surface area contributed by atoms with Crippen molar-refractivity contribution in [1.29, 1.82) is 0 Å². The lowest BCUT2D eigenvalue weighted by Crippen LogP contribution is -2.47. The van der Waals surface area contributed by atoms with Crippen LogP contribution in [0.15, 0.2) is 0 Å². The zero-order chi connectivity index (χ0) is 14.1. The molecule has 5 nitrogen and oxygen atoms in total. The van der Waals surface area contributed by atoms with Gasteiger partial charge in [-0.25, -0.2) is 0 Å². The topological polar surface area (TPSA) is 77.8 Å². The Labute approximate surface area is 108 Å². The lowest BCUT2D eigenvalue weighted by Gasteiger charge is -2.36. The highest BCUT2D eigenvalue weighted by Crippen LogP contribution is 2.31. The molecule has 1 unspecified atom stereocenters. The van der Waals surface area contributed by atoms with E-state index in [9.17, 15) is 19.8 Å². The van der Waals surface area contributed by atoms with E-state index in [-0.39, 0.29) is 12.0 Å². The summed E-state index contributed by atoms with van der Waals surface area (Å²) in [6.45, 7) is 5.79. The summed E-state index contributed by atoms with van der Waals surface area (Å²) >= 11 is 0. The molecule has 1 fully saturated rings. The number of aliphatic hydroxyl groups excluding tert-OH is 1. The summed E-state index contributed by atoms with van der Waals surface area (Å²) in [6.07, 6.45) is 1.15. The summed E-state index contributed by atoms with van der Waals surface area (Å²) in [4.78, 5) is 24.9. The molecule has 0 saturated heterocycles. The fourth-order valence-electron chi connectivity index (χ4n) is 2.39. The van der Waals surface area contributed by atoms with Gasteiger partial charge in [0.15, 0.2) is 0 Å². The molecule has 0 aromatic carbocycles. The van der Waals surface area contributed by atoms with E-state index in [2.05, 4.69) is 0 Å². The largest absolute Gasteiger partial charge is 0.481 e. The van der Waals surface area contributed by atoms with Gasteiger partial charge in [0, 0.05) is 13.6 Å². The van der Waals surface area contributed by atoms with Gasteiger partial charge >= 0.3 is 5.97 Å². The van der Waals surface area contributed by atoms with Crippen molar-refractivity contribution >= 4 is 11.9 Å². The highest BCUT2D eigenvalue weighted by molar-refractivity contribution is 5.97. The molecular weight excluding hydrogens is 234 g/mol. The first-order valence-electron chi connectivity index (χ1n) is 6.28. The van der Waals surface area contributed by atoms with Crippen molar-refractivity contribution in [3.63, 3.8) is 0 Å². The molecule has 0 aromatic heterocycles. The molecule has 1 atom stereocenters. The van der Waals surface area contributed by atoms with Crippen molar-refractivity contribution in [3.05, 3.63) is 0 Å². The summed E-state index contributed by atoms with van der Waals surface area (Å²) in [6, 6.07) is 0. The highest BCUT2D eigenvalue weighted by Gasteiger charge is 2.40. The van der Waals surface area contributed by atoms with E-state index in [1.54, 1.807) is 27.8 Å². The van der Waals surface area contributed by atoms with E-state index in [0.717, 1.165) is 0 Å². The molecule has 0 spiro atoms. The fraction of sp³-hybridized carbons (Fsp3) is 0.846. The van der Waals surface area contributed by atoms with Crippen LogP contribution in [0.4, 0.5) is 0 Å². The Bertz CT molecular complexity index is 328. The minimum atomic E-state index is -1.08. The standard InChI is InChI=1S/C13H23NO4/c1-13(2,3)10(12(17)18)11(16)14(4)7-8-5-9(15)6-8/h8-10,15H,5-7H2,1-4H3,(H,17,18). The number of aliphatic carboxylic acids is 1. The summed E-state index contributed by atoms with van der Waals surface area (Å²) in [5.74, 6) is -2.15. The molecule has 1 saturated carbocycles. The molecule has 1 rings (SSSR count). The van der Waals surface area contributed by atoms with Crippen LogP contribution in [0.25, 0.3) is 0 Å². The summed E-state index contributed by atoms with van der Waals surface area (Å²) in [5, 5.41) is 18.4. The first-order valence-corrected chi connectivity index (χ1v) is 6.28. The van der Waals surface area contributed by atoms with Gasteiger partial charge in [0.05, 0.1) is 6.10 Å². The Morgan fingerprint density at radius 2 is 1.83 bits per heavy atom. The highest BCUT2D eigenvalue weighted by atomic mass is 16.4. The Morgan fingerprint density at radius 1 is 1.33 bits per heavy atom. The fourth-order valence-corrected chi connectivity index (χ4v) is 2.39. The van der Waals surface area contributed by atoms with Crippen LogP contribution < -0.4 is 0 Å². The molecule has 1 aliphatic rings. The van der Waals surface area contributed by atoms with Crippen molar-refractivity contribution < 1.29 is 19.8 Å². The third-order valence-corrected chi connectivity index (χ3v) is 3.48. The number of amides is 1. The zero-order valence-corrected chi connectivity index (χ0v) is 11.5. The molecule has 0 aromatic rings. The molecule has 0 radical (unpaired) electrons.